The highest BCUT2D eigenvalue weighted by molar-refractivity contribution is 7.09. The predicted octanol–water partition coefficient (Wildman–Crippen LogP) is 7.54. The molecule has 1 fully saturated rings. The molecule has 0 spiro atoms. The van der Waals surface area contributed by atoms with Gasteiger partial charge in [0.2, 0.25) is 6.79 Å². The molecule has 0 bridgehead atoms. The van der Waals surface area contributed by atoms with Gasteiger partial charge in [0.1, 0.15) is 5.01 Å². The van der Waals surface area contributed by atoms with Crippen molar-refractivity contribution in [1.29, 1.82) is 0 Å². The summed E-state index contributed by atoms with van der Waals surface area (Å²) in [5.41, 5.74) is 3.68. The number of aromatic nitrogens is 1. The number of fused-ring (bicyclic) bond motifs is 1. The number of anilines is 1. The number of hydrogen-bond acceptors (Lipinski definition) is 7. The Morgan fingerprint density at radius 1 is 0.907 bits per heavy atom. The number of ether oxygens (including phenoxy) is 2. The average molecular weight is 627 g/mol. The molecule has 0 radical (unpaired) electrons. The molecule has 0 saturated carbocycles. The van der Waals surface area contributed by atoms with Crippen LogP contribution in [-0.4, -0.2) is 47.8 Å². The van der Waals surface area contributed by atoms with Crippen LogP contribution in [-0.2, 0) is 25.8 Å². The second-order valence-corrected chi connectivity index (χ2v) is 11.9. The quantitative estimate of drug-likeness (QED) is 0.191. The van der Waals surface area contributed by atoms with Crippen molar-refractivity contribution in [2.75, 3.05) is 37.9 Å². The van der Waals surface area contributed by atoms with E-state index in [-0.39, 0.29) is 6.79 Å². The molecule has 11 heteroatoms. The Kier molecular flexibility index (Phi) is 8.52. The minimum absolute atomic E-state index is 0.175. The first kappa shape index (κ1) is 29.3. The molecular weight excluding hydrogens is 597 g/mol. The maximum absolute atomic E-state index is 13.4. The SMILES string of the molecule is C=C(c1csc(CN(Cc2cccc(C(F)(F)F)c2)Cc2ccc3c(c2)OCO3)n1)N1CCN(c2cccc(Cl)c2)CC1. The van der Waals surface area contributed by atoms with Gasteiger partial charge < -0.3 is 19.3 Å². The van der Waals surface area contributed by atoms with Crippen LogP contribution in [0.5, 0.6) is 11.5 Å². The standard InChI is InChI=1S/C32H30ClF3N4O2S/c1-22(39-10-12-40(13-11-39)27-7-3-6-26(33)16-27)28-20-43-31(37-28)19-38(17-23-4-2-5-25(14-23)32(34,35)36)18-24-8-9-29-30(15-24)42-21-41-29/h2-9,14-16,20H,1,10-13,17-19,21H2. The van der Waals surface area contributed by atoms with Gasteiger partial charge in [-0.05, 0) is 47.5 Å². The van der Waals surface area contributed by atoms with E-state index < -0.39 is 11.7 Å². The summed E-state index contributed by atoms with van der Waals surface area (Å²) in [5.74, 6) is 1.35. The first-order valence-electron chi connectivity index (χ1n) is 13.9. The molecule has 6 nitrogen and oxygen atoms in total. The van der Waals surface area contributed by atoms with Crippen LogP contribution in [0, 0.1) is 0 Å². The zero-order valence-corrected chi connectivity index (χ0v) is 24.9. The van der Waals surface area contributed by atoms with Crippen molar-refractivity contribution < 1.29 is 22.6 Å². The van der Waals surface area contributed by atoms with Crippen LogP contribution in [0.15, 0.2) is 78.7 Å². The minimum atomic E-state index is -4.40. The number of thiazole rings is 1. The second kappa shape index (κ2) is 12.5. The summed E-state index contributed by atoms with van der Waals surface area (Å²) in [6, 6.07) is 19.1. The number of piperazine rings is 1. The highest BCUT2D eigenvalue weighted by Crippen LogP contribution is 2.34. The summed E-state index contributed by atoms with van der Waals surface area (Å²) in [6.45, 7) is 9.10. The number of nitrogens with zero attached hydrogens (tertiary/aromatic N) is 4. The second-order valence-electron chi connectivity index (χ2n) is 10.6. The van der Waals surface area contributed by atoms with Crippen molar-refractivity contribution in [1.82, 2.24) is 14.8 Å². The Morgan fingerprint density at radius 3 is 2.42 bits per heavy atom. The smallest absolute Gasteiger partial charge is 0.416 e. The van der Waals surface area contributed by atoms with Crippen LogP contribution in [0.4, 0.5) is 18.9 Å². The lowest BCUT2D eigenvalue weighted by Gasteiger charge is -2.37. The summed E-state index contributed by atoms with van der Waals surface area (Å²) in [6.07, 6.45) is -4.40. The van der Waals surface area contributed by atoms with Gasteiger partial charge in [-0.15, -0.1) is 11.3 Å². The molecule has 3 heterocycles. The van der Waals surface area contributed by atoms with Crippen molar-refractivity contribution in [3.8, 4) is 11.5 Å². The molecule has 224 valence electrons. The van der Waals surface area contributed by atoms with E-state index in [9.17, 15) is 13.2 Å². The van der Waals surface area contributed by atoms with E-state index in [4.69, 9.17) is 26.1 Å². The van der Waals surface area contributed by atoms with Crippen LogP contribution in [0.2, 0.25) is 5.02 Å². The van der Waals surface area contributed by atoms with E-state index in [0.717, 1.165) is 64.9 Å². The summed E-state index contributed by atoms with van der Waals surface area (Å²) in [7, 11) is 0. The first-order chi connectivity index (χ1) is 20.7. The molecule has 2 aliphatic heterocycles. The predicted molar refractivity (Wildman–Crippen MR) is 163 cm³/mol. The molecular formula is C32H30ClF3N4O2S. The van der Waals surface area contributed by atoms with E-state index in [1.807, 2.05) is 41.8 Å². The zero-order valence-electron chi connectivity index (χ0n) is 23.3. The fourth-order valence-corrected chi connectivity index (χ4v) is 6.38. The van der Waals surface area contributed by atoms with Gasteiger partial charge in [-0.1, -0.05) is 48.5 Å². The largest absolute Gasteiger partial charge is 0.454 e. The van der Waals surface area contributed by atoms with Gasteiger partial charge in [-0.2, -0.15) is 13.2 Å². The Bertz CT molecular complexity index is 1600. The Morgan fingerprint density at radius 2 is 1.65 bits per heavy atom. The molecule has 3 aromatic carbocycles. The van der Waals surface area contributed by atoms with Gasteiger partial charge in [0.05, 0.1) is 23.5 Å². The van der Waals surface area contributed by atoms with E-state index in [2.05, 4.69) is 27.3 Å². The summed E-state index contributed by atoms with van der Waals surface area (Å²) in [4.78, 5) is 11.5. The fraction of sp³-hybridized carbons (Fsp3) is 0.281. The van der Waals surface area contributed by atoms with Crippen LogP contribution in [0.25, 0.3) is 5.70 Å². The van der Waals surface area contributed by atoms with Crippen LogP contribution >= 0.6 is 22.9 Å². The van der Waals surface area contributed by atoms with E-state index >= 15 is 0 Å². The molecule has 1 saturated heterocycles. The Balaban J connectivity index is 1.15. The number of hydrogen-bond donors (Lipinski definition) is 0. The fourth-order valence-electron chi connectivity index (χ4n) is 5.35. The lowest BCUT2D eigenvalue weighted by molar-refractivity contribution is -0.137. The maximum Gasteiger partial charge on any atom is 0.416 e. The van der Waals surface area contributed by atoms with Gasteiger partial charge in [-0.25, -0.2) is 4.98 Å². The molecule has 0 N–H and O–H groups in total. The van der Waals surface area contributed by atoms with Crippen LogP contribution in [0.3, 0.4) is 0 Å². The first-order valence-corrected chi connectivity index (χ1v) is 15.1. The molecule has 43 heavy (non-hydrogen) atoms. The monoisotopic (exact) mass is 626 g/mol. The van der Waals surface area contributed by atoms with E-state index in [1.54, 1.807) is 6.07 Å². The van der Waals surface area contributed by atoms with Crippen LogP contribution < -0.4 is 14.4 Å². The lowest BCUT2D eigenvalue weighted by atomic mass is 10.1. The van der Waals surface area contributed by atoms with Crippen molar-refractivity contribution in [3.63, 3.8) is 0 Å². The van der Waals surface area contributed by atoms with Gasteiger partial charge >= 0.3 is 6.18 Å². The highest BCUT2D eigenvalue weighted by Gasteiger charge is 2.30. The molecule has 0 aliphatic carbocycles. The van der Waals surface area contributed by atoms with Crippen molar-refractivity contribution in [2.45, 2.75) is 25.8 Å². The van der Waals surface area contributed by atoms with Crippen molar-refractivity contribution >= 4 is 34.3 Å². The molecule has 0 unspecified atom stereocenters. The third-order valence-electron chi connectivity index (χ3n) is 7.54. The van der Waals surface area contributed by atoms with E-state index in [0.29, 0.717) is 36.7 Å². The van der Waals surface area contributed by atoms with Crippen LogP contribution in [0.1, 0.15) is 27.4 Å². The number of halogens is 4. The van der Waals surface area contributed by atoms with Gasteiger partial charge in [-0.3, -0.25) is 4.90 Å². The average Bonchev–Trinajstić information content (AvgIpc) is 3.66. The number of alkyl halides is 3. The molecule has 4 aromatic rings. The third-order valence-corrected chi connectivity index (χ3v) is 8.61. The summed E-state index contributed by atoms with van der Waals surface area (Å²) < 4.78 is 51.2. The molecule has 0 atom stereocenters. The van der Waals surface area contributed by atoms with Gasteiger partial charge in [0, 0.05) is 55.4 Å². The lowest BCUT2D eigenvalue weighted by Crippen LogP contribution is -2.45. The Hall–Kier alpha value is -3.73. The summed E-state index contributed by atoms with van der Waals surface area (Å²) in [5, 5.41) is 3.59. The molecule has 1 aromatic heterocycles. The maximum atomic E-state index is 13.4. The third kappa shape index (κ3) is 7.09. The van der Waals surface area contributed by atoms with Crippen molar-refractivity contribution in [2.24, 2.45) is 0 Å². The van der Waals surface area contributed by atoms with Crippen molar-refractivity contribution in [3.05, 3.63) is 111 Å². The van der Waals surface area contributed by atoms with Gasteiger partial charge in [0.25, 0.3) is 0 Å². The van der Waals surface area contributed by atoms with Gasteiger partial charge in [0.15, 0.2) is 11.5 Å². The molecule has 0 amide bonds. The van der Waals surface area contributed by atoms with E-state index in [1.165, 1.54) is 23.5 Å². The molecule has 6 rings (SSSR count). The normalized spacial score (nSPS) is 14.9. The minimum Gasteiger partial charge on any atom is -0.454 e. The number of benzene rings is 3. The Labute approximate surface area is 257 Å². The summed E-state index contributed by atoms with van der Waals surface area (Å²) >= 11 is 7.71. The molecule has 2 aliphatic rings. The zero-order chi connectivity index (χ0) is 30.0. The highest BCUT2D eigenvalue weighted by atomic mass is 35.5. The topological polar surface area (TPSA) is 41.1 Å². The number of rotatable bonds is 9.